The van der Waals surface area contributed by atoms with E-state index in [1.165, 1.54) is 0 Å². The van der Waals surface area contributed by atoms with E-state index >= 15 is 0 Å². The van der Waals surface area contributed by atoms with Crippen molar-refractivity contribution in [1.82, 2.24) is 9.88 Å². The standard InChI is InChI=1S/C20H30N2O5/c1-6-27-20(25)17-12(2)16(13(3)21-17)18(23)14(4)22(10-11-26-5)19(24)15-8-7-9-15/h14-15,21H,6-11H2,1-5H3/t14-/m1/s1. The lowest BCUT2D eigenvalue weighted by Crippen LogP contribution is -2.48. The first-order valence-corrected chi connectivity index (χ1v) is 9.53. The molecule has 150 valence electrons. The maximum absolute atomic E-state index is 13.2. The van der Waals surface area contributed by atoms with Crippen LogP contribution in [0.4, 0.5) is 0 Å². The monoisotopic (exact) mass is 378 g/mol. The van der Waals surface area contributed by atoms with E-state index in [4.69, 9.17) is 9.47 Å². The Kier molecular flexibility index (Phi) is 7.18. The Balaban J connectivity index is 2.27. The van der Waals surface area contributed by atoms with Crippen molar-refractivity contribution in [3.8, 4) is 0 Å². The van der Waals surface area contributed by atoms with Gasteiger partial charge in [0.15, 0.2) is 5.78 Å². The summed E-state index contributed by atoms with van der Waals surface area (Å²) in [6.45, 7) is 7.95. The van der Waals surface area contributed by atoms with Gasteiger partial charge in [0, 0.05) is 30.8 Å². The topological polar surface area (TPSA) is 88.7 Å². The first kappa shape index (κ1) is 21.2. The van der Waals surface area contributed by atoms with E-state index in [0.29, 0.717) is 35.7 Å². The normalized spacial score (nSPS) is 15.1. The molecule has 1 aliphatic rings. The number of aryl methyl sites for hydroxylation is 1. The van der Waals surface area contributed by atoms with Crippen molar-refractivity contribution in [2.45, 2.75) is 53.0 Å². The van der Waals surface area contributed by atoms with Gasteiger partial charge in [0.25, 0.3) is 0 Å². The van der Waals surface area contributed by atoms with Crippen LogP contribution in [-0.4, -0.2) is 60.5 Å². The molecule has 7 heteroatoms. The lowest BCUT2D eigenvalue weighted by atomic mass is 9.84. The zero-order chi connectivity index (χ0) is 20.1. The molecule has 2 rings (SSSR count). The molecule has 0 aliphatic heterocycles. The van der Waals surface area contributed by atoms with Crippen LogP contribution in [0.2, 0.25) is 0 Å². The van der Waals surface area contributed by atoms with Crippen molar-refractivity contribution >= 4 is 17.7 Å². The molecular weight excluding hydrogens is 348 g/mol. The summed E-state index contributed by atoms with van der Waals surface area (Å²) < 4.78 is 10.2. The largest absolute Gasteiger partial charge is 0.461 e. The van der Waals surface area contributed by atoms with Crippen LogP contribution in [0, 0.1) is 19.8 Å². The molecule has 0 unspecified atom stereocenters. The highest BCUT2D eigenvalue weighted by Gasteiger charge is 2.35. The SMILES string of the molecule is CCOC(=O)c1[nH]c(C)c(C(=O)[C@@H](C)N(CCOC)C(=O)C2CCC2)c1C. The van der Waals surface area contributed by atoms with E-state index in [-0.39, 0.29) is 24.2 Å². The molecule has 1 aromatic heterocycles. The number of Topliss-reactive ketones (excluding diaryl/α,β-unsaturated/α-hetero) is 1. The summed E-state index contributed by atoms with van der Waals surface area (Å²) in [7, 11) is 1.57. The second-order valence-corrected chi connectivity index (χ2v) is 7.04. The highest BCUT2D eigenvalue weighted by atomic mass is 16.5. The third-order valence-corrected chi connectivity index (χ3v) is 5.28. The van der Waals surface area contributed by atoms with Gasteiger partial charge in [-0.2, -0.15) is 0 Å². The fourth-order valence-electron chi connectivity index (χ4n) is 3.45. The maximum atomic E-state index is 13.2. The number of carbonyl (C=O) groups is 3. The van der Waals surface area contributed by atoms with Crippen molar-refractivity contribution in [1.29, 1.82) is 0 Å². The van der Waals surface area contributed by atoms with Crippen LogP contribution < -0.4 is 0 Å². The predicted molar refractivity (Wildman–Crippen MR) is 101 cm³/mol. The zero-order valence-electron chi connectivity index (χ0n) is 16.9. The van der Waals surface area contributed by atoms with Gasteiger partial charge in [-0.05, 0) is 46.1 Å². The number of nitrogens with zero attached hydrogens (tertiary/aromatic N) is 1. The Morgan fingerprint density at radius 2 is 1.93 bits per heavy atom. The number of aromatic nitrogens is 1. The van der Waals surface area contributed by atoms with Gasteiger partial charge in [-0.25, -0.2) is 4.79 Å². The Labute approximate surface area is 160 Å². The Hall–Kier alpha value is -2.15. The molecule has 1 amide bonds. The number of hydrogen-bond donors (Lipinski definition) is 1. The molecule has 0 saturated heterocycles. The molecule has 1 fully saturated rings. The second kappa shape index (κ2) is 9.17. The third-order valence-electron chi connectivity index (χ3n) is 5.28. The fraction of sp³-hybridized carbons (Fsp3) is 0.650. The van der Waals surface area contributed by atoms with E-state index in [9.17, 15) is 14.4 Å². The van der Waals surface area contributed by atoms with Crippen molar-refractivity contribution in [3.63, 3.8) is 0 Å². The van der Waals surface area contributed by atoms with Crippen molar-refractivity contribution in [2.24, 2.45) is 5.92 Å². The van der Waals surface area contributed by atoms with Gasteiger partial charge < -0.3 is 19.4 Å². The van der Waals surface area contributed by atoms with E-state index in [0.717, 1.165) is 19.3 Å². The maximum Gasteiger partial charge on any atom is 0.355 e. The van der Waals surface area contributed by atoms with Crippen molar-refractivity contribution in [2.75, 3.05) is 26.9 Å². The quantitative estimate of drug-likeness (QED) is 0.527. The number of carbonyl (C=O) groups excluding carboxylic acids is 3. The summed E-state index contributed by atoms with van der Waals surface area (Å²) in [4.78, 5) is 42.7. The molecule has 0 bridgehead atoms. The van der Waals surface area contributed by atoms with Crippen LogP contribution in [0.15, 0.2) is 0 Å². The van der Waals surface area contributed by atoms with Gasteiger partial charge in [-0.15, -0.1) is 0 Å². The number of aromatic amines is 1. The predicted octanol–water partition coefficient (Wildman–Crippen LogP) is 2.65. The number of ketones is 1. The molecule has 1 aromatic rings. The molecular formula is C20H30N2O5. The smallest absolute Gasteiger partial charge is 0.355 e. The van der Waals surface area contributed by atoms with Crippen LogP contribution >= 0.6 is 0 Å². The van der Waals surface area contributed by atoms with Crippen molar-refractivity contribution in [3.05, 3.63) is 22.5 Å². The van der Waals surface area contributed by atoms with Crippen molar-refractivity contribution < 1.29 is 23.9 Å². The number of H-pyrrole nitrogens is 1. The van der Waals surface area contributed by atoms with Crippen LogP contribution in [0.3, 0.4) is 0 Å². The fourth-order valence-corrected chi connectivity index (χ4v) is 3.45. The highest BCUT2D eigenvalue weighted by Crippen LogP contribution is 2.30. The summed E-state index contributed by atoms with van der Waals surface area (Å²) >= 11 is 0. The summed E-state index contributed by atoms with van der Waals surface area (Å²) in [5.74, 6) is -0.650. The minimum atomic E-state index is -0.628. The number of amides is 1. The van der Waals surface area contributed by atoms with Crippen LogP contribution in [0.5, 0.6) is 0 Å². The molecule has 1 atom stereocenters. The van der Waals surface area contributed by atoms with Gasteiger partial charge in [-0.1, -0.05) is 6.42 Å². The van der Waals surface area contributed by atoms with E-state index < -0.39 is 12.0 Å². The average Bonchev–Trinajstić information content (AvgIpc) is 2.87. The average molecular weight is 378 g/mol. The third kappa shape index (κ3) is 4.40. The second-order valence-electron chi connectivity index (χ2n) is 7.04. The first-order chi connectivity index (χ1) is 12.8. The number of ether oxygens (including phenoxy) is 2. The number of nitrogens with one attached hydrogen (secondary N) is 1. The highest BCUT2D eigenvalue weighted by molar-refractivity contribution is 6.06. The molecule has 1 saturated carbocycles. The van der Waals surface area contributed by atoms with Gasteiger partial charge in [-0.3, -0.25) is 9.59 Å². The summed E-state index contributed by atoms with van der Waals surface area (Å²) in [5, 5.41) is 0. The Morgan fingerprint density at radius 1 is 1.26 bits per heavy atom. The Morgan fingerprint density at radius 3 is 2.44 bits per heavy atom. The molecule has 1 aliphatic carbocycles. The summed E-state index contributed by atoms with van der Waals surface area (Å²) in [6.07, 6.45) is 2.80. The van der Waals surface area contributed by atoms with Gasteiger partial charge in [0.2, 0.25) is 5.91 Å². The number of methoxy groups -OCH3 is 1. The Bertz CT molecular complexity index is 705. The zero-order valence-corrected chi connectivity index (χ0v) is 16.9. The van der Waals surface area contributed by atoms with E-state index in [1.54, 1.807) is 39.7 Å². The number of hydrogen-bond acceptors (Lipinski definition) is 5. The summed E-state index contributed by atoms with van der Waals surface area (Å²) in [6, 6.07) is -0.628. The number of rotatable bonds is 9. The van der Waals surface area contributed by atoms with Gasteiger partial charge in [0.05, 0.1) is 19.3 Å². The lowest BCUT2D eigenvalue weighted by molar-refractivity contribution is -0.140. The molecule has 0 spiro atoms. The van der Waals surface area contributed by atoms with E-state index in [2.05, 4.69) is 4.98 Å². The van der Waals surface area contributed by atoms with E-state index in [1.807, 2.05) is 0 Å². The van der Waals surface area contributed by atoms with Crippen LogP contribution in [-0.2, 0) is 14.3 Å². The molecule has 0 radical (unpaired) electrons. The lowest BCUT2D eigenvalue weighted by Gasteiger charge is -2.35. The van der Waals surface area contributed by atoms with Crippen LogP contribution in [0.1, 0.15) is 65.2 Å². The van der Waals surface area contributed by atoms with Gasteiger partial charge >= 0.3 is 5.97 Å². The molecule has 27 heavy (non-hydrogen) atoms. The summed E-state index contributed by atoms with van der Waals surface area (Å²) in [5.41, 5.74) is 1.91. The first-order valence-electron chi connectivity index (χ1n) is 9.53. The van der Waals surface area contributed by atoms with Crippen LogP contribution in [0.25, 0.3) is 0 Å². The molecule has 0 aromatic carbocycles. The molecule has 1 heterocycles. The minimum absolute atomic E-state index is 0.000572. The van der Waals surface area contributed by atoms with Gasteiger partial charge in [0.1, 0.15) is 5.69 Å². The molecule has 1 N–H and O–H groups in total. The minimum Gasteiger partial charge on any atom is -0.461 e. The number of esters is 1. The molecule has 7 nitrogen and oxygen atoms in total.